The molecule has 2 aromatic carbocycles. The number of nitrogens with zero attached hydrogens (tertiary/aromatic N) is 4. The summed E-state index contributed by atoms with van der Waals surface area (Å²) in [6.45, 7) is 2.94. The Morgan fingerprint density at radius 1 is 1.08 bits per heavy atom. The van der Waals surface area contributed by atoms with Crippen LogP contribution in [-0.2, 0) is 0 Å². The van der Waals surface area contributed by atoms with Gasteiger partial charge in [-0.3, -0.25) is 9.20 Å². The van der Waals surface area contributed by atoms with Crippen LogP contribution in [0.4, 0.5) is 20.3 Å². The monoisotopic (exact) mass is 532 g/mol. The largest absolute Gasteiger partial charge is 0.435 e. The first-order valence-corrected chi connectivity index (χ1v) is 13.2. The number of rotatable bonds is 7. The highest BCUT2D eigenvalue weighted by Crippen LogP contribution is 2.30. The van der Waals surface area contributed by atoms with Crippen molar-refractivity contribution in [1.82, 2.24) is 24.6 Å². The zero-order valence-electron chi connectivity index (χ0n) is 21.6. The first-order chi connectivity index (χ1) is 19.0. The van der Waals surface area contributed by atoms with Gasteiger partial charge in [0.25, 0.3) is 5.91 Å². The van der Waals surface area contributed by atoms with E-state index >= 15 is 0 Å². The Kier molecular flexibility index (Phi) is 6.86. The van der Waals surface area contributed by atoms with Crippen LogP contribution in [0.25, 0.3) is 16.9 Å². The average molecular weight is 533 g/mol. The minimum absolute atomic E-state index is 0.0901. The molecule has 39 heavy (non-hydrogen) atoms. The molecule has 1 amide bonds. The molecule has 0 atom stereocenters. The third kappa shape index (κ3) is 5.16. The van der Waals surface area contributed by atoms with Crippen LogP contribution in [0.3, 0.4) is 0 Å². The molecule has 2 aromatic heterocycles. The maximum absolute atomic E-state index is 13.3. The Morgan fingerprint density at radius 2 is 1.85 bits per heavy atom. The topological polar surface area (TPSA) is 83.8 Å². The average Bonchev–Trinajstić information content (AvgIpc) is 3.33. The van der Waals surface area contributed by atoms with Crippen LogP contribution in [0, 0.1) is 18.8 Å². The van der Waals surface area contributed by atoms with Gasteiger partial charge in [0.05, 0.1) is 11.9 Å². The molecular weight excluding hydrogens is 502 g/mol. The third-order valence-electron chi connectivity index (χ3n) is 7.83. The molecule has 0 bridgehead atoms. The number of benzene rings is 2. The fourth-order valence-electron chi connectivity index (χ4n) is 5.53. The SMILES string of the molecule is Cc1cc(Nc2nccn3c(-c4ccc(OC(F)F)cc4)cnc23)ccc1C(=O)N1CCC(C2CNC2)CC1. The number of aromatic nitrogens is 3. The van der Waals surface area contributed by atoms with Crippen LogP contribution >= 0.6 is 0 Å². The maximum atomic E-state index is 13.3. The molecule has 202 valence electrons. The smallest absolute Gasteiger partial charge is 0.387 e. The van der Waals surface area contributed by atoms with E-state index in [1.807, 2.05) is 34.4 Å². The van der Waals surface area contributed by atoms with Crippen molar-refractivity contribution in [3.05, 3.63) is 72.2 Å². The number of aryl methyl sites for hydroxylation is 1. The minimum atomic E-state index is -2.87. The fourth-order valence-corrected chi connectivity index (χ4v) is 5.53. The third-order valence-corrected chi connectivity index (χ3v) is 7.83. The van der Waals surface area contributed by atoms with Gasteiger partial charge in [0, 0.05) is 42.3 Å². The van der Waals surface area contributed by atoms with Gasteiger partial charge in [0.2, 0.25) is 0 Å². The second-order valence-corrected chi connectivity index (χ2v) is 10.2. The summed E-state index contributed by atoms with van der Waals surface area (Å²) in [4.78, 5) is 24.3. The summed E-state index contributed by atoms with van der Waals surface area (Å²) in [7, 11) is 0. The van der Waals surface area contributed by atoms with Crippen molar-refractivity contribution in [3.63, 3.8) is 0 Å². The van der Waals surface area contributed by atoms with E-state index in [4.69, 9.17) is 0 Å². The van der Waals surface area contributed by atoms with Crippen LogP contribution in [0.2, 0.25) is 0 Å². The number of imidazole rings is 1. The van der Waals surface area contributed by atoms with E-state index < -0.39 is 6.61 Å². The van der Waals surface area contributed by atoms with Gasteiger partial charge in [-0.1, -0.05) is 0 Å². The number of piperidine rings is 1. The van der Waals surface area contributed by atoms with Gasteiger partial charge in [0.15, 0.2) is 11.5 Å². The van der Waals surface area contributed by atoms with Gasteiger partial charge >= 0.3 is 6.61 Å². The minimum Gasteiger partial charge on any atom is -0.435 e. The summed E-state index contributed by atoms with van der Waals surface area (Å²) < 4.78 is 31.3. The number of carbonyl (C=O) groups excluding carboxylic acids is 1. The van der Waals surface area contributed by atoms with Gasteiger partial charge in [-0.05, 0) is 92.7 Å². The lowest BCUT2D eigenvalue weighted by molar-refractivity contribution is -0.0498. The second kappa shape index (κ2) is 10.6. The number of amides is 1. The zero-order valence-corrected chi connectivity index (χ0v) is 21.6. The summed E-state index contributed by atoms with van der Waals surface area (Å²) >= 11 is 0. The number of likely N-dealkylation sites (tertiary alicyclic amines) is 1. The molecule has 2 N–H and O–H groups in total. The molecule has 2 saturated heterocycles. The molecule has 10 heteroatoms. The van der Waals surface area contributed by atoms with Crippen molar-refractivity contribution >= 4 is 23.1 Å². The zero-order chi connectivity index (χ0) is 26.9. The van der Waals surface area contributed by atoms with Crippen LogP contribution < -0.4 is 15.4 Å². The number of carbonyl (C=O) groups is 1. The highest BCUT2D eigenvalue weighted by molar-refractivity contribution is 5.96. The molecule has 4 aromatic rings. The highest BCUT2D eigenvalue weighted by Gasteiger charge is 2.32. The molecular formula is C29H30F2N6O2. The van der Waals surface area contributed by atoms with Crippen LogP contribution in [0.5, 0.6) is 5.75 Å². The number of halogens is 2. The lowest BCUT2D eigenvalue weighted by Crippen LogP contribution is -2.50. The Bertz CT molecular complexity index is 1480. The predicted molar refractivity (Wildman–Crippen MR) is 145 cm³/mol. The number of nitrogens with one attached hydrogen (secondary N) is 2. The second-order valence-electron chi connectivity index (χ2n) is 10.2. The van der Waals surface area contributed by atoms with Gasteiger partial charge in [-0.15, -0.1) is 0 Å². The summed E-state index contributed by atoms with van der Waals surface area (Å²) in [5.41, 5.74) is 4.62. The number of anilines is 2. The van der Waals surface area contributed by atoms with Crippen LogP contribution in [0.15, 0.2) is 61.1 Å². The molecule has 6 rings (SSSR count). The first-order valence-electron chi connectivity index (χ1n) is 13.2. The van der Waals surface area contributed by atoms with Gasteiger partial charge in [0.1, 0.15) is 5.75 Å². The summed E-state index contributed by atoms with van der Waals surface area (Å²) in [5, 5.41) is 6.68. The van der Waals surface area contributed by atoms with Crippen molar-refractivity contribution < 1.29 is 18.3 Å². The van der Waals surface area contributed by atoms with E-state index in [0.29, 0.717) is 11.5 Å². The number of hydrogen-bond donors (Lipinski definition) is 2. The van der Waals surface area contributed by atoms with Gasteiger partial charge in [-0.2, -0.15) is 8.78 Å². The van der Waals surface area contributed by atoms with Crippen LogP contribution in [-0.4, -0.2) is 58.0 Å². The first kappa shape index (κ1) is 25.2. The molecule has 0 spiro atoms. The number of ether oxygens (including phenoxy) is 1. The van der Waals surface area contributed by atoms with Crippen molar-refractivity contribution in [2.45, 2.75) is 26.4 Å². The van der Waals surface area contributed by atoms with Crippen molar-refractivity contribution in [3.8, 4) is 17.0 Å². The van der Waals surface area contributed by atoms with Crippen LogP contribution in [0.1, 0.15) is 28.8 Å². The molecule has 2 aliphatic rings. The van der Waals surface area contributed by atoms with E-state index in [9.17, 15) is 13.6 Å². The van der Waals surface area contributed by atoms with E-state index in [2.05, 4.69) is 25.3 Å². The molecule has 0 unspecified atom stereocenters. The Hall–Kier alpha value is -4.05. The van der Waals surface area contributed by atoms with E-state index in [0.717, 1.165) is 78.9 Å². The lowest BCUT2D eigenvalue weighted by atomic mass is 9.81. The molecule has 2 aliphatic heterocycles. The van der Waals surface area contributed by atoms with Crippen molar-refractivity contribution in [1.29, 1.82) is 0 Å². The molecule has 0 radical (unpaired) electrons. The molecule has 0 aliphatic carbocycles. The fraction of sp³-hybridized carbons (Fsp3) is 0.345. The molecule has 4 heterocycles. The van der Waals surface area contributed by atoms with Crippen molar-refractivity contribution in [2.75, 3.05) is 31.5 Å². The van der Waals surface area contributed by atoms with Crippen molar-refractivity contribution in [2.24, 2.45) is 11.8 Å². The lowest BCUT2D eigenvalue weighted by Gasteiger charge is -2.40. The number of alkyl halides is 2. The van der Waals surface area contributed by atoms with E-state index in [1.165, 1.54) is 12.1 Å². The summed E-state index contributed by atoms with van der Waals surface area (Å²) in [6, 6.07) is 12.1. The Morgan fingerprint density at radius 3 is 2.51 bits per heavy atom. The molecule has 0 saturated carbocycles. The van der Waals surface area contributed by atoms with Gasteiger partial charge < -0.3 is 20.3 Å². The standard InChI is InChI=1S/C29H30F2N6O2/c1-18-14-22(4-7-24(18)28(38)36-11-8-19(9-12-36)21-15-32-16-21)35-26-27-34-17-25(37(27)13-10-33-26)20-2-5-23(6-3-20)39-29(30)31/h2-7,10,13-14,17,19,21,29,32H,8-9,11-12,15-16H2,1H3,(H,33,35). The maximum Gasteiger partial charge on any atom is 0.387 e. The molecule has 2 fully saturated rings. The van der Waals surface area contributed by atoms with E-state index in [1.54, 1.807) is 30.7 Å². The molecule has 8 nitrogen and oxygen atoms in total. The summed E-state index contributed by atoms with van der Waals surface area (Å²) in [5.74, 6) is 2.24. The Labute approximate surface area is 225 Å². The van der Waals surface area contributed by atoms with Gasteiger partial charge in [-0.25, -0.2) is 9.97 Å². The predicted octanol–water partition coefficient (Wildman–Crippen LogP) is 5.12. The normalized spacial score (nSPS) is 16.5. The summed E-state index contributed by atoms with van der Waals surface area (Å²) in [6.07, 6.45) is 7.33. The Balaban J connectivity index is 1.16. The van der Waals surface area contributed by atoms with E-state index in [-0.39, 0.29) is 11.7 Å². The number of hydrogen-bond acceptors (Lipinski definition) is 6. The quantitative estimate of drug-likeness (QED) is 0.344. The number of fused-ring (bicyclic) bond motifs is 1. The highest BCUT2D eigenvalue weighted by atomic mass is 19.3.